The molecule has 2 aromatic carbocycles. The van der Waals surface area contributed by atoms with Gasteiger partial charge in [0.2, 0.25) is 0 Å². The van der Waals surface area contributed by atoms with E-state index in [9.17, 15) is 4.39 Å². The van der Waals surface area contributed by atoms with Crippen LogP contribution in [0, 0.1) is 12.7 Å². The van der Waals surface area contributed by atoms with Gasteiger partial charge in [-0.25, -0.2) is 4.39 Å². The molecule has 0 N–H and O–H groups in total. The number of fused-ring (bicyclic) bond motifs is 1. The van der Waals surface area contributed by atoms with Crippen LogP contribution in [0.3, 0.4) is 0 Å². The Morgan fingerprint density at radius 1 is 1.19 bits per heavy atom. The van der Waals surface area contributed by atoms with E-state index in [2.05, 4.69) is 24.1 Å². The lowest BCUT2D eigenvalue weighted by atomic mass is 9.84. The molecule has 0 radical (unpaired) electrons. The fourth-order valence-corrected chi connectivity index (χ4v) is 3.06. The minimum absolute atomic E-state index is 0.129. The summed E-state index contributed by atoms with van der Waals surface area (Å²) >= 11 is 0. The van der Waals surface area contributed by atoms with Crippen molar-refractivity contribution in [2.45, 2.75) is 19.4 Å². The van der Waals surface area contributed by atoms with Crippen LogP contribution in [0.25, 0.3) is 0 Å². The number of hydrogen-bond donors (Lipinski definition) is 0. The van der Waals surface area contributed by atoms with Crippen molar-refractivity contribution >= 4 is 0 Å². The topological polar surface area (TPSA) is 12.5 Å². The van der Waals surface area contributed by atoms with Gasteiger partial charge in [-0.1, -0.05) is 18.2 Å². The minimum Gasteiger partial charge on any atom is -0.497 e. The summed E-state index contributed by atoms with van der Waals surface area (Å²) in [7, 11) is 3.78. The number of aryl methyl sites for hydroxylation is 1. The molecule has 0 aromatic heterocycles. The van der Waals surface area contributed by atoms with Gasteiger partial charge < -0.3 is 9.64 Å². The quantitative estimate of drug-likeness (QED) is 0.834. The van der Waals surface area contributed by atoms with E-state index in [0.29, 0.717) is 5.56 Å². The van der Waals surface area contributed by atoms with E-state index in [1.165, 1.54) is 11.1 Å². The average molecular weight is 285 g/mol. The molecule has 1 aliphatic rings. The number of rotatable bonds is 2. The number of methoxy groups -OCH3 is 1. The molecule has 110 valence electrons. The van der Waals surface area contributed by atoms with Gasteiger partial charge in [0.25, 0.3) is 0 Å². The molecule has 0 fully saturated rings. The van der Waals surface area contributed by atoms with Crippen LogP contribution in [0.15, 0.2) is 36.4 Å². The molecule has 0 aliphatic carbocycles. The van der Waals surface area contributed by atoms with Crippen molar-refractivity contribution in [2.75, 3.05) is 20.7 Å². The van der Waals surface area contributed by atoms with Crippen LogP contribution in [-0.4, -0.2) is 25.6 Å². The Morgan fingerprint density at radius 3 is 2.71 bits per heavy atom. The van der Waals surface area contributed by atoms with Crippen molar-refractivity contribution in [1.29, 1.82) is 0 Å². The van der Waals surface area contributed by atoms with E-state index in [-0.39, 0.29) is 11.7 Å². The van der Waals surface area contributed by atoms with Crippen LogP contribution in [0.4, 0.5) is 4.39 Å². The Labute approximate surface area is 125 Å². The molecule has 0 amide bonds. The zero-order valence-electron chi connectivity index (χ0n) is 12.7. The zero-order chi connectivity index (χ0) is 15.0. The van der Waals surface area contributed by atoms with Gasteiger partial charge in [0, 0.05) is 19.0 Å². The molecule has 0 saturated heterocycles. The molecule has 0 unspecified atom stereocenters. The monoisotopic (exact) mass is 285 g/mol. The van der Waals surface area contributed by atoms with Crippen LogP contribution in [-0.2, 0) is 6.54 Å². The van der Waals surface area contributed by atoms with Gasteiger partial charge in [0.05, 0.1) is 7.11 Å². The summed E-state index contributed by atoms with van der Waals surface area (Å²) in [5, 5.41) is 0. The van der Waals surface area contributed by atoms with Crippen molar-refractivity contribution in [1.82, 2.24) is 4.90 Å². The van der Waals surface area contributed by atoms with E-state index in [1.54, 1.807) is 20.1 Å². The second kappa shape index (κ2) is 5.49. The number of nitrogens with zero attached hydrogens (tertiary/aromatic N) is 1. The zero-order valence-corrected chi connectivity index (χ0v) is 12.7. The van der Waals surface area contributed by atoms with Gasteiger partial charge >= 0.3 is 0 Å². The third-order valence-electron chi connectivity index (χ3n) is 4.26. The van der Waals surface area contributed by atoms with Gasteiger partial charge in [0.15, 0.2) is 0 Å². The Kier molecular flexibility index (Phi) is 3.68. The molecule has 1 atom stereocenters. The second-order valence-corrected chi connectivity index (χ2v) is 5.82. The van der Waals surface area contributed by atoms with Crippen molar-refractivity contribution in [3.63, 3.8) is 0 Å². The molecule has 2 aromatic rings. The van der Waals surface area contributed by atoms with Crippen LogP contribution in [0.1, 0.15) is 28.2 Å². The second-order valence-electron chi connectivity index (χ2n) is 5.82. The number of hydrogen-bond acceptors (Lipinski definition) is 2. The van der Waals surface area contributed by atoms with Gasteiger partial charge in [-0.05, 0) is 54.4 Å². The average Bonchev–Trinajstić information content (AvgIpc) is 2.48. The molecule has 0 saturated carbocycles. The number of halogens is 1. The van der Waals surface area contributed by atoms with Crippen LogP contribution in [0.5, 0.6) is 5.75 Å². The molecule has 0 bridgehead atoms. The lowest BCUT2D eigenvalue weighted by Crippen LogP contribution is -2.31. The predicted octanol–water partition coefficient (Wildman–Crippen LogP) is 3.72. The predicted molar refractivity (Wildman–Crippen MR) is 82.3 cm³/mol. The van der Waals surface area contributed by atoms with E-state index >= 15 is 0 Å². The fraction of sp³-hybridized carbons (Fsp3) is 0.333. The lowest BCUT2D eigenvalue weighted by Gasteiger charge is -2.33. The van der Waals surface area contributed by atoms with Crippen LogP contribution >= 0.6 is 0 Å². The summed E-state index contributed by atoms with van der Waals surface area (Å²) in [6, 6.07) is 11.8. The fourth-order valence-electron chi connectivity index (χ4n) is 3.06. The number of ether oxygens (including phenoxy) is 1. The van der Waals surface area contributed by atoms with E-state index in [4.69, 9.17) is 4.74 Å². The molecule has 1 aliphatic heterocycles. The standard InChI is InChI=1S/C18H20FNO/c1-12-4-5-13(9-18(12)19)17-11-20(2)10-14-8-15(21-3)6-7-16(14)17/h4-9,17H,10-11H2,1-3H3/t17-/m1/s1. The van der Waals surface area contributed by atoms with Crippen molar-refractivity contribution in [3.8, 4) is 5.75 Å². The smallest absolute Gasteiger partial charge is 0.126 e. The molecule has 21 heavy (non-hydrogen) atoms. The Bertz CT molecular complexity index is 668. The van der Waals surface area contributed by atoms with Crippen molar-refractivity contribution < 1.29 is 9.13 Å². The molecule has 0 spiro atoms. The maximum absolute atomic E-state index is 13.9. The van der Waals surface area contributed by atoms with Gasteiger partial charge in [0.1, 0.15) is 11.6 Å². The van der Waals surface area contributed by atoms with Crippen LogP contribution in [0.2, 0.25) is 0 Å². The number of likely N-dealkylation sites (N-methyl/N-ethyl adjacent to an activating group) is 1. The Balaban J connectivity index is 2.06. The Morgan fingerprint density at radius 2 is 2.00 bits per heavy atom. The highest BCUT2D eigenvalue weighted by Gasteiger charge is 2.25. The largest absolute Gasteiger partial charge is 0.497 e. The molecule has 3 heteroatoms. The molecule has 1 heterocycles. The SMILES string of the molecule is COc1ccc2c(c1)CN(C)C[C@@H]2c1ccc(C)c(F)c1. The number of benzene rings is 2. The Hall–Kier alpha value is -1.87. The molecular weight excluding hydrogens is 265 g/mol. The summed E-state index contributed by atoms with van der Waals surface area (Å²) < 4.78 is 19.2. The van der Waals surface area contributed by atoms with Crippen molar-refractivity contribution in [2.24, 2.45) is 0 Å². The van der Waals surface area contributed by atoms with E-state index < -0.39 is 0 Å². The first-order valence-electron chi connectivity index (χ1n) is 7.20. The van der Waals surface area contributed by atoms with E-state index in [1.807, 2.05) is 18.2 Å². The third kappa shape index (κ3) is 2.66. The van der Waals surface area contributed by atoms with E-state index in [0.717, 1.165) is 24.4 Å². The minimum atomic E-state index is -0.129. The summed E-state index contributed by atoms with van der Waals surface area (Å²) in [6.07, 6.45) is 0. The third-order valence-corrected chi connectivity index (χ3v) is 4.26. The highest BCUT2D eigenvalue weighted by atomic mass is 19.1. The first-order valence-corrected chi connectivity index (χ1v) is 7.20. The maximum atomic E-state index is 13.9. The summed E-state index contributed by atoms with van der Waals surface area (Å²) in [4.78, 5) is 2.27. The summed E-state index contributed by atoms with van der Waals surface area (Å²) in [6.45, 7) is 3.60. The first kappa shape index (κ1) is 14.1. The molecular formula is C18H20FNO. The summed E-state index contributed by atoms with van der Waals surface area (Å²) in [5.41, 5.74) is 4.26. The first-order chi connectivity index (χ1) is 10.1. The van der Waals surface area contributed by atoms with Crippen molar-refractivity contribution in [3.05, 3.63) is 64.5 Å². The van der Waals surface area contributed by atoms with Crippen LogP contribution < -0.4 is 4.74 Å². The lowest BCUT2D eigenvalue weighted by molar-refractivity contribution is 0.293. The molecule has 3 rings (SSSR count). The highest BCUT2D eigenvalue weighted by Crippen LogP contribution is 2.35. The van der Waals surface area contributed by atoms with Gasteiger partial charge in [-0.15, -0.1) is 0 Å². The highest BCUT2D eigenvalue weighted by molar-refractivity contribution is 5.44. The van der Waals surface area contributed by atoms with Gasteiger partial charge in [-0.3, -0.25) is 0 Å². The summed E-state index contributed by atoms with van der Waals surface area (Å²) in [5.74, 6) is 0.952. The maximum Gasteiger partial charge on any atom is 0.126 e. The van der Waals surface area contributed by atoms with Gasteiger partial charge in [-0.2, -0.15) is 0 Å². The normalized spacial score (nSPS) is 18.4. The molecule has 2 nitrogen and oxygen atoms in total.